The lowest BCUT2D eigenvalue weighted by molar-refractivity contribution is -0.123. The standard InChI is InChI=1S/C23H29N3O3S/c1-5-6-10-20(23(27)24-17(4)19-14-15(2)12-13-16(19)3)25-22-18-9-7-8-11-21(18)30(28,29)26-22/h7-9,11-14,17,20H,5-6,10H2,1-4H3,(H,24,27)(H,25,26). The molecule has 2 N–H and O–H groups in total. The van der Waals surface area contributed by atoms with Crippen molar-refractivity contribution in [3.63, 3.8) is 0 Å². The number of nitrogens with one attached hydrogen (secondary N) is 2. The fourth-order valence-corrected chi connectivity index (χ4v) is 4.89. The molecule has 1 aliphatic heterocycles. The maximum absolute atomic E-state index is 13.1. The molecule has 2 unspecified atom stereocenters. The van der Waals surface area contributed by atoms with Gasteiger partial charge in [-0.3, -0.25) is 14.5 Å². The maximum Gasteiger partial charge on any atom is 0.263 e. The zero-order valence-corrected chi connectivity index (χ0v) is 18.7. The molecule has 7 heteroatoms. The van der Waals surface area contributed by atoms with Crippen molar-refractivity contribution in [2.75, 3.05) is 0 Å². The zero-order chi connectivity index (χ0) is 21.9. The van der Waals surface area contributed by atoms with Crippen molar-refractivity contribution in [1.82, 2.24) is 10.0 Å². The molecule has 0 spiro atoms. The number of carbonyl (C=O) groups is 1. The highest BCUT2D eigenvalue weighted by molar-refractivity contribution is 7.90. The van der Waals surface area contributed by atoms with Gasteiger partial charge < -0.3 is 5.32 Å². The molecule has 2 aromatic carbocycles. The van der Waals surface area contributed by atoms with Crippen molar-refractivity contribution in [2.45, 2.75) is 63.9 Å². The van der Waals surface area contributed by atoms with Crippen LogP contribution in [0, 0.1) is 13.8 Å². The summed E-state index contributed by atoms with van der Waals surface area (Å²) in [6.45, 7) is 8.05. The molecule has 160 valence electrons. The fraction of sp³-hybridized carbons (Fsp3) is 0.391. The number of amides is 1. The molecule has 2 aromatic rings. The van der Waals surface area contributed by atoms with E-state index in [1.165, 1.54) is 0 Å². The Morgan fingerprint density at radius 2 is 1.90 bits per heavy atom. The van der Waals surface area contributed by atoms with Crippen molar-refractivity contribution >= 4 is 21.8 Å². The molecule has 3 rings (SSSR count). The van der Waals surface area contributed by atoms with Crippen LogP contribution in [0.5, 0.6) is 0 Å². The summed E-state index contributed by atoms with van der Waals surface area (Å²) in [5.74, 6) is 0.0363. The number of aryl methyl sites for hydroxylation is 2. The predicted octanol–water partition coefficient (Wildman–Crippen LogP) is 3.78. The molecule has 0 aromatic heterocycles. The second-order valence-corrected chi connectivity index (χ2v) is 9.48. The van der Waals surface area contributed by atoms with E-state index in [2.05, 4.69) is 28.0 Å². The number of carbonyl (C=O) groups excluding carboxylic acids is 1. The Bertz CT molecular complexity index is 1080. The highest BCUT2D eigenvalue weighted by Gasteiger charge is 2.32. The van der Waals surface area contributed by atoms with Gasteiger partial charge in [-0.25, -0.2) is 8.42 Å². The van der Waals surface area contributed by atoms with Crippen LogP contribution < -0.4 is 10.0 Å². The van der Waals surface area contributed by atoms with E-state index in [9.17, 15) is 13.2 Å². The van der Waals surface area contributed by atoms with Crippen molar-refractivity contribution in [1.29, 1.82) is 0 Å². The number of benzene rings is 2. The van der Waals surface area contributed by atoms with Gasteiger partial charge in [0.1, 0.15) is 11.9 Å². The Labute approximate surface area is 178 Å². The second kappa shape index (κ2) is 9.00. The van der Waals surface area contributed by atoms with Crippen LogP contribution in [0.25, 0.3) is 0 Å². The average Bonchev–Trinajstić information content (AvgIpc) is 2.97. The van der Waals surface area contributed by atoms with E-state index in [1.807, 2.05) is 32.9 Å². The SMILES string of the molecule is CCCCC(N=C1NS(=O)(=O)c2ccccc21)C(=O)NC(C)c1cc(C)ccc1C. The molecule has 2 atom stereocenters. The lowest BCUT2D eigenvalue weighted by atomic mass is 9.99. The van der Waals surface area contributed by atoms with E-state index >= 15 is 0 Å². The quantitative estimate of drug-likeness (QED) is 0.705. The van der Waals surface area contributed by atoms with Gasteiger partial charge in [-0.15, -0.1) is 0 Å². The van der Waals surface area contributed by atoms with Gasteiger partial charge in [0.15, 0.2) is 0 Å². The Morgan fingerprint density at radius 3 is 2.63 bits per heavy atom. The Hall–Kier alpha value is -2.67. The number of rotatable bonds is 7. The first kappa shape index (κ1) is 22.0. The first-order valence-electron chi connectivity index (χ1n) is 10.3. The van der Waals surface area contributed by atoms with E-state index in [4.69, 9.17) is 0 Å². The Morgan fingerprint density at radius 1 is 1.17 bits per heavy atom. The van der Waals surface area contributed by atoms with Crippen LogP contribution in [-0.2, 0) is 14.8 Å². The number of aliphatic imine (C=N–C) groups is 1. The summed E-state index contributed by atoms with van der Waals surface area (Å²) >= 11 is 0. The van der Waals surface area contributed by atoms with E-state index in [1.54, 1.807) is 24.3 Å². The number of hydrogen-bond acceptors (Lipinski definition) is 4. The third-order valence-corrected chi connectivity index (χ3v) is 6.74. The number of nitrogens with zero attached hydrogens (tertiary/aromatic N) is 1. The van der Waals surface area contributed by atoms with Crippen molar-refractivity contribution in [3.8, 4) is 0 Å². The molecule has 1 heterocycles. The molecule has 30 heavy (non-hydrogen) atoms. The van der Waals surface area contributed by atoms with Gasteiger partial charge in [-0.2, -0.15) is 0 Å². The molecule has 0 radical (unpaired) electrons. The summed E-state index contributed by atoms with van der Waals surface area (Å²) in [6, 6.07) is 12.0. The summed E-state index contributed by atoms with van der Waals surface area (Å²) in [4.78, 5) is 17.8. The smallest absolute Gasteiger partial charge is 0.263 e. The van der Waals surface area contributed by atoms with E-state index in [0.29, 0.717) is 12.0 Å². The molecule has 0 bridgehead atoms. The predicted molar refractivity (Wildman–Crippen MR) is 119 cm³/mol. The van der Waals surface area contributed by atoms with Gasteiger partial charge in [0.05, 0.1) is 10.9 Å². The monoisotopic (exact) mass is 427 g/mol. The van der Waals surface area contributed by atoms with Crippen LogP contribution in [0.3, 0.4) is 0 Å². The van der Waals surface area contributed by atoms with Gasteiger partial charge in [-0.05, 0) is 50.5 Å². The first-order chi connectivity index (χ1) is 14.2. The molecule has 1 aliphatic rings. The van der Waals surface area contributed by atoms with Crippen molar-refractivity contribution in [3.05, 3.63) is 64.7 Å². The Balaban J connectivity index is 1.87. The third kappa shape index (κ3) is 4.73. The van der Waals surface area contributed by atoms with Gasteiger partial charge in [0, 0.05) is 5.56 Å². The summed E-state index contributed by atoms with van der Waals surface area (Å²) in [6.07, 6.45) is 2.29. The van der Waals surface area contributed by atoms with E-state index in [-0.39, 0.29) is 22.7 Å². The number of unbranched alkanes of at least 4 members (excludes halogenated alkanes) is 1. The molecule has 0 saturated carbocycles. The zero-order valence-electron chi connectivity index (χ0n) is 17.9. The largest absolute Gasteiger partial charge is 0.348 e. The molecular formula is C23H29N3O3S. The number of amidine groups is 1. The second-order valence-electron chi connectivity index (χ2n) is 7.83. The van der Waals surface area contributed by atoms with Crippen LogP contribution >= 0.6 is 0 Å². The molecular weight excluding hydrogens is 398 g/mol. The van der Waals surface area contributed by atoms with Crippen molar-refractivity contribution < 1.29 is 13.2 Å². The fourth-order valence-electron chi connectivity index (χ4n) is 3.65. The summed E-state index contributed by atoms with van der Waals surface area (Å²) < 4.78 is 27.2. The average molecular weight is 428 g/mol. The van der Waals surface area contributed by atoms with E-state index in [0.717, 1.165) is 29.5 Å². The van der Waals surface area contributed by atoms with Crippen molar-refractivity contribution in [2.24, 2.45) is 4.99 Å². The number of sulfonamides is 1. The van der Waals surface area contributed by atoms with Crippen LogP contribution in [-0.4, -0.2) is 26.2 Å². The van der Waals surface area contributed by atoms with Crippen LogP contribution in [0.2, 0.25) is 0 Å². The van der Waals surface area contributed by atoms with Gasteiger partial charge in [0.25, 0.3) is 10.0 Å². The highest BCUT2D eigenvalue weighted by atomic mass is 32.2. The van der Waals surface area contributed by atoms with Gasteiger partial charge in [0.2, 0.25) is 5.91 Å². The molecule has 1 amide bonds. The van der Waals surface area contributed by atoms with Crippen LogP contribution in [0.1, 0.15) is 61.4 Å². The normalized spacial score (nSPS) is 17.8. The van der Waals surface area contributed by atoms with Gasteiger partial charge in [-0.1, -0.05) is 55.7 Å². The molecule has 0 aliphatic carbocycles. The molecule has 6 nitrogen and oxygen atoms in total. The maximum atomic E-state index is 13.1. The summed E-state index contributed by atoms with van der Waals surface area (Å²) in [5, 5.41) is 3.07. The minimum Gasteiger partial charge on any atom is -0.348 e. The topological polar surface area (TPSA) is 87.6 Å². The van der Waals surface area contributed by atoms with Crippen LogP contribution in [0.4, 0.5) is 0 Å². The number of hydrogen-bond donors (Lipinski definition) is 2. The minimum atomic E-state index is -3.64. The lowest BCUT2D eigenvalue weighted by Gasteiger charge is -2.20. The molecule has 0 fully saturated rings. The van der Waals surface area contributed by atoms with Crippen LogP contribution in [0.15, 0.2) is 52.4 Å². The lowest BCUT2D eigenvalue weighted by Crippen LogP contribution is -2.37. The third-order valence-electron chi connectivity index (χ3n) is 5.34. The summed E-state index contributed by atoms with van der Waals surface area (Å²) in [7, 11) is -3.64. The summed E-state index contributed by atoms with van der Waals surface area (Å²) in [5.41, 5.74) is 3.82. The van der Waals surface area contributed by atoms with Gasteiger partial charge >= 0.3 is 0 Å². The molecule has 0 saturated heterocycles. The first-order valence-corrected chi connectivity index (χ1v) is 11.8. The minimum absolute atomic E-state index is 0.172. The highest BCUT2D eigenvalue weighted by Crippen LogP contribution is 2.24. The Kier molecular flexibility index (Phi) is 6.61. The van der Waals surface area contributed by atoms with E-state index < -0.39 is 16.1 Å². The number of fused-ring (bicyclic) bond motifs is 1.